The van der Waals surface area contributed by atoms with Crippen molar-refractivity contribution in [1.29, 1.82) is 0 Å². The Morgan fingerprint density at radius 1 is 1.16 bits per heavy atom. The largest absolute Gasteiger partial charge is 0.469 e. The Kier molecular flexibility index (Phi) is 5.30. The summed E-state index contributed by atoms with van der Waals surface area (Å²) in [5.41, 5.74) is 1.99. The first-order chi connectivity index (χ1) is 12.2. The van der Waals surface area contributed by atoms with Crippen molar-refractivity contribution in [2.75, 3.05) is 13.7 Å². The third-order valence-corrected chi connectivity index (χ3v) is 4.57. The van der Waals surface area contributed by atoms with E-state index in [0.29, 0.717) is 17.7 Å². The summed E-state index contributed by atoms with van der Waals surface area (Å²) in [6.07, 6.45) is 1.63. The zero-order valence-electron chi connectivity index (χ0n) is 13.6. The lowest BCUT2D eigenvalue weighted by atomic mass is 9.99. The third kappa shape index (κ3) is 3.97. The fourth-order valence-corrected chi connectivity index (χ4v) is 3.23. The highest BCUT2D eigenvalue weighted by Crippen LogP contribution is 2.26. The first-order valence-corrected chi connectivity index (χ1v) is 8.65. The molecule has 5 nitrogen and oxygen atoms in total. The number of benzene rings is 1. The zero-order valence-corrected chi connectivity index (χ0v) is 14.4. The average Bonchev–Trinajstić information content (AvgIpc) is 3.35. The van der Waals surface area contributed by atoms with E-state index < -0.39 is 5.97 Å². The average molecular weight is 355 g/mol. The molecule has 1 N–H and O–H groups in total. The fraction of sp³-hybridized carbons (Fsp3) is 0.158. The van der Waals surface area contributed by atoms with Crippen LogP contribution in [-0.2, 0) is 4.74 Å². The van der Waals surface area contributed by atoms with Crippen molar-refractivity contribution in [3.05, 3.63) is 81.9 Å². The molecule has 0 saturated heterocycles. The summed E-state index contributed by atoms with van der Waals surface area (Å²) in [6.45, 7) is 0.418. The van der Waals surface area contributed by atoms with Gasteiger partial charge in [-0.3, -0.25) is 4.79 Å². The molecule has 1 amide bonds. The number of furan rings is 1. The lowest BCUT2D eigenvalue weighted by Crippen LogP contribution is -2.28. The van der Waals surface area contributed by atoms with Crippen molar-refractivity contribution in [2.45, 2.75) is 5.92 Å². The molecular formula is C19H17NO4S. The van der Waals surface area contributed by atoms with Crippen molar-refractivity contribution in [1.82, 2.24) is 5.32 Å². The second kappa shape index (κ2) is 7.81. The van der Waals surface area contributed by atoms with Crippen LogP contribution in [0.5, 0.6) is 0 Å². The summed E-state index contributed by atoms with van der Waals surface area (Å²) >= 11 is 1.60. The SMILES string of the molecule is COC(=O)c1ccc(C(=O)NCC(c2ccsc2)c2ccco2)cc1. The van der Waals surface area contributed by atoms with Crippen LogP contribution in [0, 0.1) is 0 Å². The van der Waals surface area contributed by atoms with Gasteiger partial charge in [0.15, 0.2) is 0 Å². The van der Waals surface area contributed by atoms with Gasteiger partial charge in [-0.05, 0) is 58.8 Å². The molecule has 0 aliphatic carbocycles. The Morgan fingerprint density at radius 3 is 2.52 bits per heavy atom. The molecule has 1 atom stereocenters. The molecule has 0 fully saturated rings. The maximum atomic E-state index is 12.4. The summed E-state index contributed by atoms with van der Waals surface area (Å²) in [7, 11) is 1.32. The monoisotopic (exact) mass is 355 g/mol. The minimum atomic E-state index is -0.428. The van der Waals surface area contributed by atoms with Crippen molar-refractivity contribution in [2.24, 2.45) is 0 Å². The Morgan fingerprint density at radius 2 is 1.92 bits per heavy atom. The van der Waals surface area contributed by atoms with Gasteiger partial charge in [0.1, 0.15) is 5.76 Å². The van der Waals surface area contributed by atoms with Gasteiger partial charge in [-0.25, -0.2) is 4.79 Å². The van der Waals surface area contributed by atoms with Crippen LogP contribution in [0.1, 0.15) is 38.0 Å². The highest BCUT2D eigenvalue weighted by atomic mass is 32.1. The maximum Gasteiger partial charge on any atom is 0.337 e. The molecule has 25 heavy (non-hydrogen) atoms. The Balaban J connectivity index is 1.69. The van der Waals surface area contributed by atoms with E-state index in [1.165, 1.54) is 7.11 Å². The third-order valence-electron chi connectivity index (χ3n) is 3.87. The van der Waals surface area contributed by atoms with E-state index in [4.69, 9.17) is 4.42 Å². The molecule has 2 heterocycles. The van der Waals surface area contributed by atoms with Gasteiger partial charge in [0.2, 0.25) is 0 Å². The zero-order chi connectivity index (χ0) is 17.6. The molecule has 3 rings (SSSR count). The summed E-state index contributed by atoms with van der Waals surface area (Å²) in [6, 6.07) is 12.1. The van der Waals surface area contributed by atoms with E-state index in [9.17, 15) is 9.59 Å². The Bertz CT molecular complexity index is 789. The van der Waals surface area contributed by atoms with E-state index in [2.05, 4.69) is 10.1 Å². The van der Waals surface area contributed by atoms with Crippen molar-refractivity contribution >= 4 is 23.2 Å². The standard InChI is InChI=1S/C19H17NO4S/c1-23-19(22)14-6-4-13(5-7-14)18(21)20-11-16(15-8-10-25-12-15)17-3-2-9-24-17/h2-10,12,16H,11H2,1H3,(H,20,21). The van der Waals surface area contributed by atoms with Crippen LogP contribution in [-0.4, -0.2) is 25.5 Å². The number of amides is 1. The predicted molar refractivity (Wildman–Crippen MR) is 95.0 cm³/mol. The lowest BCUT2D eigenvalue weighted by molar-refractivity contribution is 0.0600. The predicted octanol–water partition coefficient (Wildman–Crippen LogP) is 3.69. The normalized spacial score (nSPS) is 11.7. The molecule has 2 aromatic heterocycles. The molecule has 0 aliphatic rings. The smallest absolute Gasteiger partial charge is 0.337 e. The van der Waals surface area contributed by atoms with E-state index in [-0.39, 0.29) is 11.8 Å². The second-order valence-corrected chi connectivity index (χ2v) is 6.18. The van der Waals surface area contributed by atoms with Crippen LogP contribution in [0.3, 0.4) is 0 Å². The van der Waals surface area contributed by atoms with Gasteiger partial charge in [0, 0.05) is 12.1 Å². The van der Waals surface area contributed by atoms with Gasteiger partial charge in [-0.2, -0.15) is 11.3 Å². The van der Waals surface area contributed by atoms with Gasteiger partial charge in [-0.15, -0.1) is 0 Å². The van der Waals surface area contributed by atoms with E-state index >= 15 is 0 Å². The molecule has 0 aliphatic heterocycles. The molecule has 0 spiro atoms. The van der Waals surface area contributed by atoms with Crippen LogP contribution in [0.2, 0.25) is 0 Å². The molecular weight excluding hydrogens is 338 g/mol. The minimum Gasteiger partial charge on any atom is -0.469 e. The summed E-state index contributed by atoms with van der Waals surface area (Å²) in [5, 5.41) is 6.97. The fourth-order valence-electron chi connectivity index (χ4n) is 2.52. The van der Waals surface area contributed by atoms with Crippen LogP contribution < -0.4 is 5.32 Å². The maximum absolute atomic E-state index is 12.4. The Labute approximate surface area is 149 Å². The van der Waals surface area contributed by atoms with Gasteiger partial charge in [0.25, 0.3) is 5.91 Å². The number of thiophene rings is 1. The molecule has 6 heteroatoms. The highest BCUT2D eigenvalue weighted by Gasteiger charge is 2.19. The van der Waals surface area contributed by atoms with Gasteiger partial charge >= 0.3 is 5.97 Å². The summed E-state index contributed by atoms with van der Waals surface area (Å²) in [4.78, 5) is 23.8. The van der Waals surface area contributed by atoms with Crippen LogP contribution in [0.25, 0.3) is 0 Å². The number of rotatable bonds is 6. The number of nitrogens with one attached hydrogen (secondary N) is 1. The number of carbonyl (C=O) groups excluding carboxylic acids is 2. The summed E-state index contributed by atoms with van der Waals surface area (Å²) in [5.74, 6) is 0.129. The molecule has 1 unspecified atom stereocenters. The van der Waals surface area contributed by atoms with Crippen molar-refractivity contribution in [3.8, 4) is 0 Å². The molecule has 0 saturated carbocycles. The number of methoxy groups -OCH3 is 1. The van der Waals surface area contributed by atoms with Crippen LogP contribution >= 0.6 is 11.3 Å². The number of hydrogen-bond donors (Lipinski definition) is 1. The molecule has 1 aromatic carbocycles. The number of esters is 1. The van der Waals surface area contributed by atoms with Crippen LogP contribution in [0.15, 0.2) is 63.9 Å². The minimum absolute atomic E-state index is 0.0421. The van der Waals surface area contributed by atoms with Crippen molar-refractivity contribution < 1.29 is 18.7 Å². The van der Waals surface area contributed by atoms with E-state index in [1.54, 1.807) is 41.9 Å². The lowest BCUT2D eigenvalue weighted by Gasteiger charge is -2.14. The molecule has 0 radical (unpaired) electrons. The molecule has 3 aromatic rings. The highest BCUT2D eigenvalue weighted by molar-refractivity contribution is 7.08. The van der Waals surface area contributed by atoms with Crippen LogP contribution in [0.4, 0.5) is 0 Å². The quantitative estimate of drug-likeness (QED) is 0.685. The molecule has 0 bridgehead atoms. The summed E-state index contributed by atoms with van der Waals surface area (Å²) < 4.78 is 10.2. The first kappa shape index (κ1) is 17.0. The van der Waals surface area contributed by atoms with E-state index in [0.717, 1.165) is 11.3 Å². The second-order valence-electron chi connectivity index (χ2n) is 5.40. The van der Waals surface area contributed by atoms with Gasteiger partial charge in [0.05, 0.1) is 24.9 Å². The van der Waals surface area contributed by atoms with Crippen molar-refractivity contribution in [3.63, 3.8) is 0 Å². The Hall–Kier alpha value is -2.86. The van der Waals surface area contributed by atoms with Gasteiger partial charge in [-0.1, -0.05) is 0 Å². The topological polar surface area (TPSA) is 68.5 Å². The first-order valence-electron chi connectivity index (χ1n) is 7.71. The number of carbonyl (C=O) groups is 2. The molecule has 128 valence electrons. The number of ether oxygens (including phenoxy) is 1. The van der Waals surface area contributed by atoms with Gasteiger partial charge < -0.3 is 14.5 Å². The van der Waals surface area contributed by atoms with E-state index in [1.807, 2.05) is 29.0 Å². The number of hydrogen-bond acceptors (Lipinski definition) is 5.